The van der Waals surface area contributed by atoms with Gasteiger partial charge in [-0.1, -0.05) is 19.9 Å². The van der Waals surface area contributed by atoms with Gasteiger partial charge in [0.05, 0.1) is 38.4 Å². The van der Waals surface area contributed by atoms with Crippen molar-refractivity contribution in [2.24, 2.45) is 5.92 Å². The molecular weight excluding hydrogens is 288 g/mol. The average molecular weight is 312 g/mol. The van der Waals surface area contributed by atoms with E-state index in [0.717, 1.165) is 0 Å². The lowest BCUT2D eigenvalue weighted by Gasteiger charge is -2.34. The molecule has 2 atom stereocenters. The van der Waals surface area contributed by atoms with Crippen molar-refractivity contribution in [2.75, 3.05) is 32.9 Å². The normalized spacial score (nSPS) is 21.4. The molecule has 6 heteroatoms. The molecule has 2 unspecified atom stereocenters. The van der Waals surface area contributed by atoms with Gasteiger partial charge in [-0.05, 0) is 17.4 Å². The summed E-state index contributed by atoms with van der Waals surface area (Å²) in [5.41, 5.74) is 0. The lowest BCUT2D eigenvalue weighted by Crippen LogP contribution is -2.51. The fraction of sp³-hybridized carbons (Fsp3) is 0.667. The fourth-order valence-electron chi connectivity index (χ4n) is 2.50. The van der Waals surface area contributed by atoms with Gasteiger partial charge in [-0.15, -0.1) is 11.3 Å². The van der Waals surface area contributed by atoms with E-state index in [4.69, 9.17) is 4.74 Å². The van der Waals surface area contributed by atoms with Crippen LogP contribution in [-0.2, 0) is 9.53 Å². The quantitative estimate of drug-likeness (QED) is 0.830. The van der Waals surface area contributed by atoms with Crippen LogP contribution in [0, 0.1) is 5.92 Å². The van der Waals surface area contributed by atoms with Crippen LogP contribution in [0.5, 0.6) is 0 Å². The number of amides is 1. The van der Waals surface area contributed by atoms with Crippen LogP contribution >= 0.6 is 11.3 Å². The van der Waals surface area contributed by atoms with E-state index in [1.165, 1.54) is 4.88 Å². The minimum absolute atomic E-state index is 0.00227. The Labute approximate surface area is 129 Å². The van der Waals surface area contributed by atoms with Crippen LogP contribution in [0.25, 0.3) is 0 Å². The number of carbonyl (C=O) groups is 1. The van der Waals surface area contributed by atoms with Crippen LogP contribution in [-0.4, -0.2) is 54.9 Å². The molecule has 1 aromatic rings. The molecule has 0 saturated carbocycles. The van der Waals surface area contributed by atoms with Crippen molar-refractivity contribution in [3.63, 3.8) is 0 Å². The summed E-state index contributed by atoms with van der Waals surface area (Å²) in [6.07, 6.45) is 0. The van der Waals surface area contributed by atoms with Gasteiger partial charge in [0.2, 0.25) is 5.91 Å². The zero-order valence-electron chi connectivity index (χ0n) is 12.6. The van der Waals surface area contributed by atoms with E-state index in [9.17, 15) is 9.90 Å². The fourth-order valence-corrected chi connectivity index (χ4v) is 3.45. The van der Waals surface area contributed by atoms with E-state index >= 15 is 0 Å². The Morgan fingerprint density at radius 3 is 3.05 bits per heavy atom. The molecule has 0 aliphatic carbocycles. The van der Waals surface area contributed by atoms with Crippen LogP contribution in [0.4, 0.5) is 0 Å². The van der Waals surface area contributed by atoms with Gasteiger partial charge in [-0.25, -0.2) is 0 Å². The SMILES string of the molecule is CC(C)C(NC(=O)CN1CCOCC1CO)c1cccs1. The van der Waals surface area contributed by atoms with Crippen molar-refractivity contribution in [1.82, 2.24) is 10.2 Å². The summed E-state index contributed by atoms with van der Waals surface area (Å²) < 4.78 is 5.33. The molecule has 1 aliphatic rings. The van der Waals surface area contributed by atoms with E-state index in [-0.39, 0.29) is 24.6 Å². The molecule has 1 aromatic heterocycles. The van der Waals surface area contributed by atoms with Gasteiger partial charge >= 0.3 is 0 Å². The zero-order chi connectivity index (χ0) is 15.2. The first-order chi connectivity index (χ1) is 10.1. The zero-order valence-corrected chi connectivity index (χ0v) is 13.4. The molecule has 5 nitrogen and oxygen atoms in total. The second kappa shape index (κ2) is 7.89. The third-order valence-corrected chi connectivity index (χ3v) is 4.70. The summed E-state index contributed by atoms with van der Waals surface area (Å²) in [5, 5.41) is 14.5. The monoisotopic (exact) mass is 312 g/mol. The van der Waals surface area contributed by atoms with Gasteiger partial charge < -0.3 is 15.2 Å². The second-order valence-corrected chi connectivity index (χ2v) is 6.67. The molecule has 0 radical (unpaired) electrons. The minimum atomic E-state index is -0.0799. The van der Waals surface area contributed by atoms with E-state index in [0.29, 0.717) is 32.2 Å². The number of hydrogen-bond donors (Lipinski definition) is 2. The maximum atomic E-state index is 12.3. The Bertz CT molecular complexity index is 436. The molecule has 0 spiro atoms. The van der Waals surface area contributed by atoms with Gasteiger partial charge in [0.25, 0.3) is 0 Å². The third-order valence-electron chi connectivity index (χ3n) is 3.74. The summed E-state index contributed by atoms with van der Waals surface area (Å²) >= 11 is 1.66. The average Bonchev–Trinajstić information content (AvgIpc) is 2.99. The third kappa shape index (κ3) is 4.51. The van der Waals surface area contributed by atoms with Crippen molar-refractivity contribution in [3.05, 3.63) is 22.4 Å². The van der Waals surface area contributed by atoms with Crippen molar-refractivity contribution in [3.8, 4) is 0 Å². The van der Waals surface area contributed by atoms with Crippen LogP contribution in [0.15, 0.2) is 17.5 Å². The lowest BCUT2D eigenvalue weighted by atomic mass is 10.0. The Hall–Kier alpha value is -0.950. The van der Waals surface area contributed by atoms with Gasteiger partial charge in [0, 0.05) is 11.4 Å². The maximum Gasteiger partial charge on any atom is 0.234 e. The molecular formula is C15H24N2O3S. The highest BCUT2D eigenvalue weighted by atomic mass is 32.1. The molecule has 0 aromatic carbocycles. The number of hydrogen-bond acceptors (Lipinski definition) is 5. The number of aliphatic hydroxyl groups excluding tert-OH is 1. The molecule has 2 heterocycles. The number of rotatable bonds is 6. The first-order valence-electron chi connectivity index (χ1n) is 7.37. The minimum Gasteiger partial charge on any atom is -0.395 e. The first kappa shape index (κ1) is 16.4. The standard InChI is InChI=1S/C15H24N2O3S/c1-11(2)15(13-4-3-7-21-13)16-14(19)8-17-5-6-20-10-12(17)9-18/h3-4,7,11-12,15,18H,5-6,8-10H2,1-2H3,(H,16,19). The first-order valence-corrected chi connectivity index (χ1v) is 8.25. The van der Waals surface area contributed by atoms with Crippen LogP contribution < -0.4 is 5.32 Å². The molecule has 2 N–H and O–H groups in total. The number of aliphatic hydroxyl groups is 1. The number of morpholine rings is 1. The molecule has 2 rings (SSSR count). The lowest BCUT2D eigenvalue weighted by molar-refractivity contribution is -0.126. The summed E-state index contributed by atoms with van der Waals surface area (Å²) in [6.45, 7) is 6.33. The van der Waals surface area contributed by atoms with Crippen molar-refractivity contribution in [2.45, 2.75) is 25.9 Å². The molecule has 21 heavy (non-hydrogen) atoms. The van der Waals surface area contributed by atoms with Crippen molar-refractivity contribution in [1.29, 1.82) is 0 Å². The molecule has 1 fully saturated rings. The van der Waals surface area contributed by atoms with E-state index in [2.05, 4.69) is 25.2 Å². The predicted molar refractivity (Wildman–Crippen MR) is 83.3 cm³/mol. The van der Waals surface area contributed by atoms with Crippen molar-refractivity contribution >= 4 is 17.2 Å². The van der Waals surface area contributed by atoms with Gasteiger partial charge in [0.1, 0.15) is 0 Å². The van der Waals surface area contributed by atoms with E-state index in [1.54, 1.807) is 11.3 Å². The Balaban J connectivity index is 1.93. The number of ether oxygens (including phenoxy) is 1. The summed E-state index contributed by atoms with van der Waals surface area (Å²) in [7, 11) is 0. The molecule has 1 amide bonds. The van der Waals surface area contributed by atoms with Crippen LogP contribution in [0.2, 0.25) is 0 Å². The Morgan fingerprint density at radius 2 is 2.43 bits per heavy atom. The molecule has 0 bridgehead atoms. The Kier molecular flexibility index (Phi) is 6.17. The predicted octanol–water partition coefficient (Wildman–Crippen LogP) is 1.25. The largest absolute Gasteiger partial charge is 0.395 e. The number of nitrogens with zero attached hydrogens (tertiary/aromatic N) is 1. The number of nitrogens with one attached hydrogen (secondary N) is 1. The molecule has 1 aliphatic heterocycles. The highest BCUT2D eigenvalue weighted by Crippen LogP contribution is 2.25. The molecule has 1 saturated heterocycles. The molecule has 118 valence electrons. The number of carbonyl (C=O) groups excluding carboxylic acids is 1. The van der Waals surface area contributed by atoms with Crippen LogP contribution in [0.1, 0.15) is 24.8 Å². The van der Waals surface area contributed by atoms with E-state index in [1.807, 2.05) is 16.3 Å². The highest BCUT2D eigenvalue weighted by Gasteiger charge is 2.26. The topological polar surface area (TPSA) is 61.8 Å². The van der Waals surface area contributed by atoms with Crippen molar-refractivity contribution < 1.29 is 14.6 Å². The van der Waals surface area contributed by atoms with E-state index < -0.39 is 0 Å². The van der Waals surface area contributed by atoms with Gasteiger partial charge in [0.15, 0.2) is 0 Å². The van der Waals surface area contributed by atoms with Gasteiger partial charge in [-0.2, -0.15) is 0 Å². The Morgan fingerprint density at radius 1 is 1.62 bits per heavy atom. The summed E-state index contributed by atoms with van der Waals surface area (Å²) in [4.78, 5) is 15.5. The second-order valence-electron chi connectivity index (χ2n) is 5.69. The maximum absolute atomic E-state index is 12.3. The number of thiophene rings is 1. The van der Waals surface area contributed by atoms with Crippen LogP contribution in [0.3, 0.4) is 0 Å². The smallest absolute Gasteiger partial charge is 0.234 e. The highest BCUT2D eigenvalue weighted by molar-refractivity contribution is 7.10. The van der Waals surface area contributed by atoms with Gasteiger partial charge in [-0.3, -0.25) is 9.69 Å². The summed E-state index contributed by atoms with van der Waals surface area (Å²) in [5.74, 6) is 0.341. The summed E-state index contributed by atoms with van der Waals surface area (Å²) in [6, 6.07) is 4.03.